The molecule has 0 fully saturated rings. The number of fused-ring (bicyclic) bond motifs is 1. The van der Waals surface area contributed by atoms with Gasteiger partial charge in [0.2, 0.25) is 0 Å². The number of aromatic hydroxyl groups is 1. The first-order valence-corrected chi connectivity index (χ1v) is 8.46. The molecule has 0 saturated carbocycles. The Morgan fingerprint density at radius 1 is 0.885 bits per heavy atom. The van der Waals surface area contributed by atoms with Crippen LogP contribution in [0.1, 0.15) is 17.3 Å². The highest BCUT2D eigenvalue weighted by Gasteiger charge is 2.22. The number of nitrogens with zero attached hydrogens (tertiary/aromatic N) is 3. The fourth-order valence-electron chi connectivity index (χ4n) is 2.88. The van der Waals surface area contributed by atoms with Crippen molar-refractivity contribution in [1.29, 1.82) is 0 Å². The van der Waals surface area contributed by atoms with Gasteiger partial charge in [-0.25, -0.2) is 4.98 Å². The number of nitrogens with one attached hydrogen (secondary N) is 1. The van der Waals surface area contributed by atoms with Gasteiger partial charge < -0.3 is 10.4 Å². The summed E-state index contributed by atoms with van der Waals surface area (Å²) in [6.45, 7) is 0. The molecule has 1 aromatic carbocycles. The Labute approximate surface area is 155 Å². The maximum absolute atomic E-state index is 10.9. The van der Waals surface area contributed by atoms with E-state index in [0.29, 0.717) is 27.3 Å². The van der Waals surface area contributed by atoms with Gasteiger partial charge in [0.15, 0.2) is 0 Å². The van der Waals surface area contributed by atoms with Gasteiger partial charge >= 0.3 is 0 Å². The molecular weight excluding hydrogens is 348 g/mol. The minimum Gasteiger partial charge on any atom is -0.505 e. The molecule has 4 aromatic rings. The van der Waals surface area contributed by atoms with Crippen LogP contribution in [0.3, 0.4) is 0 Å². The number of rotatable bonds is 4. The number of phenols is 1. The molecule has 4 rings (SSSR count). The monoisotopic (exact) mass is 362 g/mol. The van der Waals surface area contributed by atoms with Crippen LogP contribution in [-0.2, 0) is 0 Å². The average molecular weight is 363 g/mol. The van der Waals surface area contributed by atoms with E-state index in [9.17, 15) is 5.11 Å². The van der Waals surface area contributed by atoms with Crippen LogP contribution in [0.15, 0.2) is 73.2 Å². The van der Waals surface area contributed by atoms with E-state index < -0.39 is 6.04 Å². The highest BCUT2D eigenvalue weighted by atomic mass is 35.5. The summed E-state index contributed by atoms with van der Waals surface area (Å²) in [7, 11) is 0. The molecule has 26 heavy (non-hydrogen) atoms. The third kappa shape index (κ3) is 3.05. The summed E-state index contributed by atoms with van der Waals surface area (Å²) in [6, 6.07) is 16.1. The van der Waals surface area contributed by atoms with Crippen molar-refractivity contribution in [3.8, 4) is 5.75 Å². The lowest BCUT2D eigenvalue weighted by Gasteiger charge is -2.21. The van der Waals surface area contributed by atoms with Crippen molar-refractivity contribution in [3.05, 3.63) is 89.5 Å². The van der Waals surface area contributed by atoms with E-state index in [1.807, 2.05) is 42.5 Å². The molecule has 0 aliphatic heterocycles. The normalized spacial score (nSPS) is 12.0. The van der Waals surface area contributed by atoms with Gasteiger partial charge in [-0.05, 0) is 42.5 Å². The van der Waals surface area contributed by atoms with Crippen molar-refractivity contribution >= 4 is 28.3 Å². The Morgan fingerprint density at radius 2 is 1.65 bits per heavy atom. The zero-order valence-corrected chi connectivity index (χ0v) is 14.4. The van der Waals surface area contributed by atoms with Gasteiger partial charge in [0.1, 0.15) is 17.1 Å². The number of aromatic nitrogens is 3. The van der Waals surface area contributed by atoms with Crippen molar-refractivity contribution < 1.29 is 5.11 Å². The van der Waals surface area contributed by atoms with Gasteiger partial charge in [0, 0.05) is 29.5 Å². The molecule has 0 spiro atoms. The number of hydrogen-bond donors (Lipinski definition) is 2. The summed E-state index contributed by atoms with van der Waals surface area (Å²) in [5, 5.41) is 15.4. The van der Waals surface area contributed by atoms with Crippen molar-refractivity contribution in [2.75, 3.05) is 5.32 Å². The van der Waals surface area contributed by atoms with Crippen LogP contribution in [0.4, 0.5) is 5.82 Å². The van der Waals surface area contributed by atoms with Crippen LogP contribution in [0.2, 0.25) is 5.02 Å². The van der Waals surface area contributed by atoms with Crippen molar-refractivity contribution in [2.45, 2.75) is 6.04 Å². The van der Waals surface area contributed by atoms with Crippen molar-refractivity contribution in [2.24, 2.45) is 0 Å². The van der Waals surface area contributed by atoms with Gasteiger partial charge in [-0.1, -0.05) is 23.7 Å². The Balaban J connectivity index is 1.89. The SMILES string of the molecule is Oc1c([C@@H](Nc2ccccn2)c2ccccn2)cc(Cl)c2cccnc12. The molecule has 0 amide bonds. The second kappa shape index (κ2) is 6.98. The topological polar surface area (TPSA) is 70.9 Å². The highest BCUT2D eigenvalue weighted by Crippen LogP contribution is 2.38. The first-order chi connectivity index (χ1) is 12.7. The second-order valence-corrected chi connectivity index (χ2v) is 6.15. The van der Waals surface area contributed by atoms with Crippen LogP contribution in [0.5, 0.6) is 5.75 Å². The predicted octanol–water partition coefficient (Wildman–Crippen LogP) is 4.59. The molecule has 0 radical (unpaired) electrons. The molecule has 0 saturated heterocycles. The smallest absolute Gasteiger partial charge is 0.147 e. The first-order valence-electron chi connectivity index (χ1n) is 8.08. The molecule has 3 heterocycles. The number of hydrogen-bond acceptors (Lipinski definition) is 5. The molecule has 5 nitrogen and oxygen atoms in total. The van der Waals surface area contributed by atoms with E-state index in [1.54, 1.807) is 30.7 Å². The number of anilines is 1. The predicted molar refractivity (Wildman–Crippen MR) is 102 cm³/mol. The van der Waals surface area contributed by atoms with Gasteiger partial charge in [-0.15, -0.1) is 0 Å². The van der Waals surface area contributed by atoms with Crippen LogP contribution in [0.25, 0.3) is 10.9 Å². The molecule has 0 aliphatic rings. The standard InChI is InChI=1S/C20H15ClN4O/c21-15-12-14(20(26)19-13(15)6-5-11-24-19)18(16-7-1-3-9-22-16)25-17-8-2-4-10-23-17/h1-12,18,26H,(H,23,25)/t18-/m1/s1. The van der Waals surface area contributed by atoms with E-state index in [-0.39, 0.29) is 5.75 Å². The second-order valence-electron chi connectivity index (χ2n) is 5.74. The molecule has 6 heteroatoms. The third-order valence-corrected chi connectivity index (χ3v) is 4.41. The fourth-order valence-corrected chi connectivity index (χ4v) is 3.15. The molecule has 2 N–H and O–H groups in total. The van der Waals surface area contributed by atoms with Crippen molar-refractivity contribution in [1.82, 2.24) is 15.0 Å². The lowest BCUT2D eigenvalue weighted by molar-refractivity contribution is 0.471. The molecule has 0 aliphatic carbocycles. The number of benzene rings is 1. The van der Waals surface area contributed by atoms with E-state index in [0.717, 1.165) is 5.69 Å². The fraction of sp³-hybridized carbons (Fsp3) is 0.0500. The lowest BCUT2D eigenvalue weighted by atomic mass is 9.99. The Bertz CT molecular complexity index is 1040. The van der Waals surface area contributed by atoms with Crippen LogP contribution >= 0.6 is 11.6 Å². The lowest BCUT2D eigenvalue weighted by Crippen LogP contribution is -2.15. The van der Waals surface area contributed by atoms with E-state index in [1.165, 1.54) is 0 Å². The largest absolute Gasteiger partial charge is 0.505 e. The van der Waals surface area contributed by atoms with Gasteiger partial charge in [0.25, 0.3) is 0 Å². The maximum atomic E-state index is 10.9. The molecule has 3 aromatic heterocycles. The molecule has 128 valence electrons. The summed E-state index contributed by atoms with van der Waals surface area (Å²) >= 11 is 6.45. The molecule has 0 bridgehead atoms. The zero-order chi connectivity index (χ0) is 17.9. The maximum Gasteiger partial charge on any atom is 0.147 e. The van der Waals surface area contributed by atoms with E-state index >= 15 is 0 Å². The molecule has 1 atom stereocenters. The summed E-state index contributed by atoms with van der Waals surface area (Å²) in [5.74, 6) is 0.740. The minimum absolute atomic E-state index is 0.0732. The third-order valence-electron chi connectivity index (χ3n) is 4.10. The van der Waals surface area contributed by atoms with Gasteiger partial charge in [-0.2, -0.15) is 0 Å². The average Bonchev–Trinajstić information content (AvgIpc) is 2.71. The molecule has 0 unspecified atom stereocenters. The summed E-state index contributed by atoms with van der Waals surface area (Å²) < 4.78 is 0. The minimum atomic E-state index is -0.435. The summed E-state index contributed by atoms with van der Waals surface area (Å²) in [4.78, 5) is 13.0. The number of halogens is 1. The summed E-state index contributed by atoms with van der Waals surface area (Å²) in [6.07, 6.45) is 5.04. The van der Waals surface area contributed by atoms with E-state index in [2.05, 4.69) is 20.3 Å². The first kappa shape index (κ1) is 16.3. The van der Waals surface area contributed by atoms with Crippen molar-refractivity contribution in [3.63, 3.8) is 0 Å². The van der Waals surface area contributed by atoms with Crippen LogP contribution in [-0.4, -0.2) is 20.1 Å². The molecular formula is C20H15ClN4O. The Hall–Kier alpha value is -3.18. The Morgan fingerprint density at radius 3 is 2.38 bits per heavy atom. The summed E-state index contributed by atoms with van der Waals surface area (Å²) in [5.41, 5.74) is 1.78. The number of phenolic OH excluding ortho intramolecular Hbond substituents is 1. The zero-order valence-electron chi connectivity index (χ0n) is 13.7. The Kier molecular flexibility index (Phi) is 4.37. The van der Waals surface area contributed by atoms with E-state index in [4.69, 9.17) is 11.6 Å². The van der Waals surface area contributed by atoms with Crippen LogP contribution in [0, 0.1) is 0 Å². The quantitative estimate of drug-likeness (QED) is 0.555. The highest BCUT2D eigenvalue weighted by molar-refractivity contribution is 6.35. The van der Waals surface area contributed by atoms with Crippen LogP contribution < -0.4 is 5.32 Å². The van der Waals surface area contributed by atoms with Gasteiger partial charge in [-0.3, -0.25) is 9.97 Å². The van der Waals surface area contributed by atoms with Gasteiger partial charge in [0.05, 0.1) is 16.8 Å². The number of pyridine rings is 3.